The van der Waals surface area contributed by atoms with Crippen molar-refractivity contribution in [2.24, 2.45) is 0 Å². The normalized spacial score (nSPS) is 31.1. The molecular weight excluding hydrogens is 274 g/mol. The molecule has 0 unspecified atom stereocenters. The van der Waals surface area contributed by atoms with Crippen LogP contribution in [-0.2, 0) is 14.3 Å². The fourth-order valence-corrected chi connectivity index (χ4v) is 2.79. The van der Waals surface area contributed by atoms with Gasteiger partial charge in [0.15, 0.2) is 11.9 Å². The van der Waals surface area contributed by atoms with E-state index < -0.39 is 17.9 Å². The van der Waals surface area contributed by atoms with E-state index in [0.29, 0.717) is 18.0 Å². The summed E-state index contributed by atoms with van der Waals surface area (Å²) in [6.07, 6.45) is -1.38. The van der Waals surface area contributed by atoms with Crippen molar-refractivity contribution in [1.82, 2.24) is 0 Å². The largest absolute Gasteiger partial charge is 0.497 e. The molecule has 2 aliphatic rings. The molecule has 6 heteroatoms. The Morgan fingerprint density at radius 1 is 1.33 bits per heavy atom. The maximum absolute atomic E-state index is 12.0. The first kappa shape index (κ1) is 14.3. The third-order valence-corrected chi connectivity index (χ3v) is 3.87. The number of aliphatic hydroxyl groups is 1. The Morgan fingerprint density at radius 2 is 2.00 bits per heavy atom. The molecule has 3 atom stereocenters. The molecular formula is C15H19NO5. The maximum atomic E-state index is 12.0. The third kappa shape index (κ3) is 2.39. The van der Waals surface area contributed by atoms with Crippen molar-refractivity contribution < 1.29 is 24.1 Å². The molecule has 0 bridgehead atoms. The molecule has 2 heterocycles. The average molecular weight is 293 g/mol. The highest BCUT2D eigenvalue weighted by Gasteiger charge is 2.54. The van der Waals surface area contributed by atoms with Crippen LogP contribution < -0.4 is 9.64 Å². The van der Waals surface area contributed by atoms with Crippen LogP contribution in [0.2, 0.25) is 0 Å². The Bertz CT molecular complexity index is 541. The van der Waals surface area contributed by atoms with Gasteiger partial charge in [0.25, 0.3) is 5.91 Å². The van der Waals surface area contributed by atoms with Crippen molar-refractivity contribution in [3.8, 4) is 5.75 Å². The van der Waals surface area contributed by atoms with E-state index in [-0.39, 0.29) is 12.0 Å². The molecule has 2 saturated heterocycles. The van der Waals surface area contributed by atoms with Gasteiger partial charge in [0.2, 0.25) is 0 Å². The standard InChI is InChI=1S/C15H19NO5/c1-15(2)20-8-11(21-15)12-13(17)14(18)16(12)9-4-6-10(19-3)7-5-9/h4-7,11-13,17H,8H2,1-3H3/t11-,12-,13-/m1/s1. The predicted molar refractivity (Wildman–Crippen MR) is 75.2 cm³/mol. The van der Waals surface area contributed by atoms with E-state index in [2.05, 4.69) is 0 Å². The molecule has 2 aliphatic heterocycles. The summed E-state index contributed by atoms with van der Waals surface area (Å²) in [7, 11) is 1.59. The van der Waals surface area contributed by atoms with Crippen LogP contribution in [0.3, 0.4) is 0 Å². The molecule has 0 spiro atoms. The molecule has 1 amide bonds. The molecule has 1 aromatic rings. The van der Waals surface area contributed by atoms with Crippen LogP contribution in [0.15, 0.2) is 24.3 Å². The molecule has 3 rings (SSSR count). The number of aliphatic hydroxyl groups excluding tert-OH is 1. The predicted octanol–water partition coefficient (Wildman–Crippen LogP) is 0.923. The number of carbonyl (C=O) groups is 1. The third-order valence-electron chi connectivity index (χ3n) is 3.87. The molecule has 0 aliphatic carbocycles. The monoisotopic (exact) mass is 293 g/mol. The Labute approximate surface area is 123 Å². The lowest BCUT2D eigenvalue weighted by atomic mass is 9.92. The van der Waals surface area contributed by atoms with E-state index in [0.717, 1.165) is 0 Å². The van der Waals surface area contributed by atoms with Crippen molar-refractivity contribution >= 4 is 11.6 Å². The molecule has 1 aromatic carbocycles. The van der Waals surface area contributed by atoms with E-state index in [1.807, 2.05) is 13.8 Å². The van der Waals surface area contributed by atoms with Gasteiger partial charge in [0.05, 0.1) is 13.7 Å². The van der Waals surface area contributed by atoms with Crippen LogP contribution in [0, 0.1) is 0 Å². The first-order valence-corrected chi connectivity index (χ1v) is 6.90. The van der Waals surface area contributed by atoms with Crippen LogP contribution in [-0.4, -0.2) is 48.8 Å². The van der Waals surface area contributed by atoms with Gasteiger partial charge in [0.1, 0.15) is 17.9 Å². The summed E-state index contributed by atoms with van der Waals surface area (Å²) < 4.78 is 16.4. The van der Waals surface area contributed by atoms with Gasteiger partial charge in [-0.3, -0.25) is 4.79 Å². The highest BCUT2D eigenvalue weighted by Crippen LogP contribution is 2.36. The zero-order valence-corrected chi connectivity index (χ0v) is 12.3. The number of ether oxygens (including phenoxy) is 3. The van der Waals surface area contributed by atoms with Gasteiger partial charge in [0, 0.05) is 5.69 Å². The SMILES string of the molecule is COc1ccc(N2C(=O)[C@H](O)[C@H]2[C@H]2COC(C)(C)O2)cc1. The number of β-lactam (4-membered cyclic amide) rings is 1. The summed E-state index contributed by atoms with van der Waals surface area (Å²) in [4.78, 5) is 13.5. The number of hydrogen-bond acceptors (Lipinski definition) is 5. The smallest absolute Gasteiger partial charge is 0.258 e. The molecule has 0 aromatic heterocycles. The fourth-order valence-electron chi connectivity index (χ4n) is 2.79. The number of rotatable bonds is 3. The van der Waals surface area contributed by atoms with E-state index >= 15 is 0 Å². The molecule has 21 heavy (non-hydrogen) atoms. The van der Waals surface area contributed by atoms with Gasteiger partial charge in [-0.1, -0.05) is 0 Å². The van der Waals surface area contributed by atoms with E-state index in [9.17, 15) is 9.90 Å². The fraction of sp³-hybridized carbons (Fsp3) is 0.533. The summed E-state index contributed by atoms with van der Waals surface area (Å²) >= 11 is 0. The van der Waals surface area contributed by atoms with Crippen molar-refractivity contribution in [3.63, 3.8) is 0 Å². The molecule has 114 valence electrons. The van der Waals surface area contributed by atoms with Crippen molar-refractivity contribution in [2.75, 3.05) is 18.6 Å². The number of amides is 1. The number of hydrogen-bond donors (Lipinski definition) is 1. The second-order valence-corrected chi connectivity index (χ2v) is 5.71. The van der Waals surface area contributed by atoms with E-state index in [1.165, 1.54) is 0 Å². The van der Waals surface area contributed by atoms with Gasteiger partial charge in [-0.25, -0.2) is 0 Å². The second kappa shape index (κ2) is 4.98. The number of anilines is 1. The van der Waals surface area contributed by atoms with Crippen LogP contribution in [0.1, 0.15) is 13.8 Å². The Balaban J connectivity index is 1.81. The topological polar surface area (TPSA) is 68.2 Å². The number of nitrogens with zero attached hydrogens (tertiary/aromatic N) is 1. The summed E-state index contributed by atoms with van der Waals surface area (Å²) in [5.41, 5.74) is 0.712. The summed E-state index contributed by atoms with van der Waals surface area (Å²) in [5.74, 6) is -0.293. The lowest BCUT2D eigenvalue weighted by Gasteiger charge is -2.46. The Morgan fingerprint density at radius 3 is 2.52 bits per heavy atom. The van der Waals surface area contributed by atoms with Crippen molar-refractivity contribution in [1.29, 1.82) is 0 Å². The minimum Gasteiger partial charge on any atom is -0.497 e. The summed E-state index contributed by atoms with van der Waals surface area (Å²) in [6.45, 7) is 3.99. The van der Waals surface area contributed by atoms with Gasteiger partial charge in [-0.2, -0.15) is 0 Å². The van der Waals surface area contributed by atoms with E-state index in [1.54, 1.807) is 36.3 Å². The highest BCUT2D eigenvalue weighted by molar-refractivity contribution is 6.04. The molecule has 6 nitrogen and oxygen atoms in total. The zero-order chi connectivity index (χ0) is 15.2. The van der Waals surface area contributed by atoms with Crippen LogP contribution in [0.25, 0.3) is 0 Å². The average Bonchev–Trinajstić information content (AvgIpc) is 2.83. The quantitative estimate of drug-likeness (QED) is 0.839. The minimum absolute atomic E-state index is 0.321. The maximum Gasteiger partial charge on any atom is 0.258 e. The van der Waals surface area contributed by atoms with Crippen LogP contribution in [0.5, 0.6) is 5.75 Å². The highest BCUT2D eigenvalue weighted by atomic mass is 16.7. The first-order chi connectivity index (χ1) is 9.93. The van der Waals surface area contributed by atoms with Crippen LogP contribution in [0.4, 0.5) is 5.69 Å². The number of methoxy groups -OCH3 is 1. The number of benzene rings is 1. The van der Waals surface area contributed by atoms with Crippen LogP contribution >= 0.6 is 0 Å². The molecule has 1 N–H and O–H groups in total. The van der Waals surface area contributed by atoms with Gasteiger partial charge in [-0.05, 0) is 38.1 Å². The van der Waals surface area contributed by atoms with Gasteiger partial charge >= 0.3 is 0 Å². The lowest BCUT2D eigenvalue weighted by Crippen LogP contribution is -2.70. The number of carbonyl (C=O) groups excluding carboxylic acids is 1. The lowest BCUT2D eigenvalue weighted by molar-refractivity contribution is -0.158. The molecule has 0 radical (unpaired) electrons. The van der Waals surface area contributed by atoms with Crippen molar-refractivity contribution in [2.45, 2.75) is 37.9 Å². The minimum atomic E-state index is -1.05. The van der Waals surface area contributed by atoms with Crippen molar-refractivity contribution in [3.05, 3.63) is 24.3 Å². The first-order valence-electron chi connectivity index (χ1n) is 6.90. The molecule has 0 saturated carbocycles. The van der Waals surface area contributed by atoms with Gasteiger partial charge in [-0.15, -0.1) is 0 Å². The summed E-state index contributed by atoms with van der Waals surface area (Å²) in [5, 5.41) is 9.99. The second-order valence-electron chi connectivity index (χ2n) is 5.71. The van der Waals surface area contributed by atoms with Gasteiger partial charge < -0.3 is 24.2 Å². The van der Waals surface area contributed by atoms with E-state index in [4.69, 9.17) is 14.2 Å². The summed E-state index contributed by atoms with van der Waals surface area (Å²) in [6, 6.07) is 6.71. The Kier molecular flexibility index (Phi) is 3.39. The zero-order valence-electron chi connectivity index (χ0n) is 12.3. The Hall–Kier alpha value is -1.63. The molecule has 2 fully saturated rings.